The predicted octanol–water partition coefficient (Wildman–Crippen LogP) is 5.77. The van der Waals surface area contributed by atoms with E-state index < -0.39 is 17.6 Å². The fourth-order valence-electron chi connectivity index (χ4n) is 4.14. The molecule has 4 aromatic rings. The van der Waals surface area contributed by atoms with Gasteiger partial charge in [0.05, 0.1) is 29.7 Å². The smallest absolute Gasteiger partial charge is 0.323 e. The first-order valence-corrected chi connectivity index (χ1v) is 11.8. The molecule has 9 nitrogen and oxygen atoms in total. The van der Waals surface area contributed by atoms with Crippen molar-refractivity contribution in [1.29, 1.82) is 0 Å². The second-order valence-electron chi connectivity index (χ2n) is 8.87. The molecule has 0 saturated heterocycles. The van der Waals surface area contributed by atoms with Crippen LogP contribution in [0.4, 0.5) is 46.8 Å². The highest BCUT2D eigenvalue weighted by molar-refractivity contribution is 6.07. The number of benzene rings is 2. The van der Waals surface area contributed by atoms with E-state index in [9.17, 15) is 22.8 Å². The summed E-state index contributed by atoms with van der Waals surface area (Å²) in [5, 5.41) is 5.68. The molecule has 1 aliphatic heterocycles. The maximum absolute atomic E-state index is 13.4. The van der Waals surface area contributed by atoms with Crippen molar-refractivity contribution in [2.45, 2.75) is 19.6 Å². The lowest BCUT2D eigenvalue weighted by Gasteiger charge is -2.35. The van der Waals surface area contributed by atoms with Gasteiger partial charge in [0.25, 0.3) is 5.91 Å². The molecule has 0 fully saturated rings. The van der Waals surface area contributed by atoms with Gasteiger partial charge in [0.15, 0.2) is 0 Å². The summed E-state index contributed by atoms with van der Waals surface area (Å²) in [5.74, 6) is 0.0556. The number of nitrogens with one attached hydrogen (secondary N) is 2. The zero-order valence-corrected chi connectivity index (χ0v) is 20.8. The summed E-state index contributed by atoms with van der Waals surface area (Å²) < 4.78 is 39.2. The van der Waals surface area contributed by atoms with Crippen LogP contribution in [0.5, 0.6) is 0 Å². The third-order valence-corrected chi connectivity index (χ3v) is 6.13. The van der Waals surface area contributed by atoms with Gasteiger partial charge in [-0.15, -0.1) is 0 Å². The number of urea groups is 1. The molecule has 2 N–H and O–H groups in total. The van der Waals surface area contributed by atoms with Crippen molar-refractivity contribution < 1.29 is 22.8 Å². The maximum Gasteiger partial charge on any atom is 0.416 e. The monoisotopic (exact) mass is 533 g/mol. The Morgan fingerprint density at radius 3 is 2.59 bits per heavy atom. The van der Waals surface area contributed by atoms with Crippen molar-refractivity contribution in [3.63, 3.8) is 0 Å². The molecule has 1 aliphatic rings. The van der Waals surface area contributed by atoms with E-state index in [1.807, 2.05) is 13.0 Å². The maximum atomic E-state index is 13.4. The molecule has 0 atom stereocenters. The van der Waals surface area contributed by atoms with Crippen LogP contribution < -0.4 is 20.4 Å². The largest absolute Gasteiger partial charge is 0.416 e. The first-order valence-electron chi connectivity index (χ1n) is 11.8. The van der Waals surface area contributed by atoms with Crippen LogP contribution in [-0.4, -0.2) is 33.9 Å². The summed E-state index contributed by atoms with van der Waals surface area (Å²) in [7, 11) is 1.60. The van der Waals surface area contributed by atoms with E-state index in [1.54, 1.807) is 49.9 Å². The normalized spacial score (nSPS) is 13.2. The molecule has 3 heterocycles. The molecule has 198 valence electrons. The van der Waals surface area contributed by atoms with Crippen LogP contribution in [-0.2, 0) is 12.7 Å². The van der Waals surface area contributed by atoms with Gasteiger partial charge < -0.3 is 10.6 Å². The second-order valence-corrected chi connectivity index (χ2v) is 8.87. The summed E-state index contributed by atoms with van der Waals surface area (Å²) in [6, 6.07) is 12.4. The van der Waals surface area contributed by atoms with Gasteiger partial charge in [0.2, 0.25) is 5.95 Å². The number of halogens is 3. The van der Waals surface area contributed by atoms with Crippen LogP contribution in [0.3, 0.4) is 0 Å². The SMILES string of the molecule is Cc1ccc(NC(=O)c2cccc(C(F)(F)F)c2)cc1N1Cc2cnc(Nc3cccnc3)nc2N(C)C1=O. The van der Waals surface area contributed by atoms with Gasteiger partial charge in [-0.1, -0.05) is 12.1 Å². The van der Waals surface area contributed by atoms with Crippen molar-refractivity contribution in [2.24, 2.45) is 0 Å². The molecule has 2 aromatic heterocycles. The minimum atomic E-state index is -4.57. The Kier molecular flexibility index (Phi) is 6.60. The number of aromatic nitrogens is 3. The van der Waals surface area contributed by atoms with Crippen molar-refractivity contribution in [2.75, 3.05) is 27.5 Å². The van der Waals surface area contributed by atoms with Crippen molar-refractivity contribution >= 4 is 40.8 Å². The van der Waals surface area contributed by atoms with Gasteiger partial charge in [-0.25, -0.2) is 9.78 Å². The lowest BCUT2D eigenvalue weighted by molar-refractivity contribution is -0.137. The lowest BCUT2D eigenvalue weighted by Crippen LogP contribution is -2.46. The molecule has 0 saturated carbocycles. The summed E-state index contributed by atoms with van der Waals surface area (Å²) in [6.07, 6.45) is 0.337. The topological polar surface area (TPSA) is 103 Å². The van der Waals surface area contributed by atoms with E-state index in [1.165, 1.54) is 21.9 Å². The molecule has 0 unspecified atom stereocenters. The van der Waals surface area contributed by atoms with E-state index in [0.29, 0.717) is 34.4 Å². The van der Waals surface area contributed by atoms with Gasteiger partial charge in [-0.05, 0) is 55.0 Å². The molecular weight excluding hydrogens is 511 g/mol. The van der Waals surface area contributed by atoms with Gasteiger partial charge >= 0.3 is 12.2 Å². The number of carbonyl (C=O) groups is 2. The molecule has 0 bridgehead atoms. The summed E-state index contributed by atoms with van der Waals surface area (Å²) in [4.78, 5) is 41.9. The number of aryl methyl sites for hydroxylation is 1. The summed E-state index contributed by atoms with van der Waals surface area (Å²) in [5.41, 5.74) is 1.95. The number of carbonyl (C=O) groups excluding carboxylic acids is 2. The van der Waals surface area contributed by atoms with Gasteiger partial charge in [-0.3, -0.25) is 19.6 Å². The number of rotatable bonds is 5. The van der Waals surface area contributed by atoms with Crippen molar-refractivity contribution in [3.05, 3.63) is 95.4 Å². The van der Waals surface area contributed by atoms with E-state index in [0.717, 1.165) is 17.7 Å². The number of hydrogen-bond acceptors (Lipinski definition) is 6. The molecule has 2 aromatic carbocycles. The number of anilines is 5. The van der Waals surface area contributed by atoms with Crippen LogP contribution in [0.1, 0.15) is 27.0 Å². The number of alkyl halides is 3. The number of fused-ring (bicyclic) bond motifs is 1. The van der Waals surface area contributed by atoms with Crippen LogP contribution in [0, 0.1) is 6.92 Å². The van der Waals surface area contributed by atoms with Gasteiger partial charge in [0.1, 0.15) is 5.82 Å². The van der Waals surface area contributed by atoms with Crippen LogP contribution >= 0.6 is 0 Å². The van der Waals surface area contributed by atoms with E-state index in [4.69, 9.17) is 0 Å². The first-order chi connectivity index (χ1) is 18.6. The van der Waals surface area contributed by atoms with Gasteiger partial charge in [0, 0.05) is 36.3 Å². The zero-order chi connectivity index (χ0) is 27.7. The molecule has 0 aliphatic carbocycles. The Bertz CT molecular complexity index is 1560. The molecule has 12 heteroatoms. The molecule has 0 radical (unpaired) electrons. The highest BCUT2D eigenvalue weighted by Crippen LogP contribution is 2.34. The van der Waals surface area contributed by atoms with Crippen molar-refractivity contribution in [3.8, 4) is 0 Å². The Balaban J connectivity index is 1.38. The van der Waals surface area contributed by atoms with E-state index in [-0.39, 0.29) is 18.1 Å². The molecule has 0 spiro atoms. The standard InChI is InChI=1S/C27H22F3N7O2/c1-16-8-9-20(33-24(38)17-5-3-6-19(11-17)27(28,29)30)12-22(16)37-15-18-13-32-25(34-21-7-4-10-31-14-21)35-23(18)36(2)26(37)39/h3-14H,15H2,1-2H3,(H,33,38)(H,32,34,35). The lowest BCUT2D eigenvalue weighted by atomic mass is 10.1. The Labute approximate surface area is 221 Å². The number of nitrogens with zero attached hydrogens (tertiary/aromatic N) is 5. The molecule has 5 rings (SSSR count). The number of hydrogen-bond donors (Lipinski definition) is 2. The van der Waals surface area contributed by atoms with Crippen LogP contribution in [0.2, 0.25) is 0 Å². The van der Waals surface area contributed by atoms with Crippen molar-refractivity contribution in [1.82, 2.24) is 15.0 Å². The fraction of sp³-hybridized carbons (Fsp3) is 0.148. The average Bonchev–Trinajstić information content (AvgIpc) is 2.92. The average molecular weight is 534 g/mol. The summed E-state index contributed by atoms with van der Waals surface area (Å²) in [6.45, 7) is 1.99. The van der Waals surface area contributed by atoms with E-state index >= 15 is 0 Å². The Morgan fingerprint density at radius 1 is 1.03 bits per heavy atom. The third-order valence-electron chi connectivity index (χ3n) is 6.13. The first kappa shape index (κ1) is 25.6. The van der Waals surface area contributed by atoms with E-state index in [2.05, 4.69) is 25.6 Å². The highest BCUT2D eigenvalue weighted by atomic mass is 19.4. The Hall–Kier alpha value is -5.00. The number of pyridine rings is 1. The molecule has 39 heavy (non-hydrogen) atoms. The second kappa shape index (κ2) is 10.0. The minimum absolute atomic E-state index is 0.137. The summed E-state index contributed by atoms with van der Waals surface area (Å²) >= 11 is 0. The third kappa shape index (κ3) is 5.35. The predicted molar refractivity (Wildman–Crippen MR) is 140 cm³/mol. The quantitative estimate of drug-likeness (QED) is 0.338. The number of amides is 3. The fourth-order valence-corrected chi connectivity index (χ4v) is 4.14. The Morgan fingerprint density at radius 2 is 1.85 bits per heavy atom. The molecule has 3 amide bonds. The molecular formula is C27H22F3N7O2. The van der Waals surface area contributed by atoms with Crippen LogP contribution in [0.25, 0.3) is 0 Å². The highest BCUT2D eigenvalue weighted by Gasteiger charge is 2.32. The van der Waals surface area contributed by atoms with Gasteiger partial charge in [-0.2, -0.15) is 18.2 Å². The minimum Gasteiger partial charge on any atom is -0.323 e. The van der Waals surface area contributed by atoms with Crippen LogP contribution in [0.15, 0.2) is 73.2 Å². The zero-order valence-electron chi connectivity index (χ0n) is 20.8.